The van der Waals surface area contributed by atoms with Crippen LogP contribution < -0.4 is 5.73 Å². The molecule has 1 fully saturated rings. The number of nitrogens with one attached hydrogen (secondary N) is 1. The summed E-state index contributed by atoms with van der Waals surface area (Å²) in [4.78, 5) is 13.4. The molecule has 0 unspecified atom stereocenters. The standard InChI is InChI=1S/C13H17N3O2.ClH/c14-12(15)11-7-4-8-16(11)13(17)18-9-10-5-2-1-3-6-10;/h1-3,5-6,11H,4,7-9H2,(H3,14,15);1H/t11-;/m0./s1. The maximum Gasteiger partial charge on any atom is 0.410 e. The molecule has 1 aliphatic rings. The van der Waals surface area contributed by atoms with E-state index >= 15 is 0 Å². The smallest absolute Gasteiger partial charge is 0.410 e. The Bertz CT molecular complexity index is 439. The van der Waals surface area contributed by atoms with Gasteiger partial charge in [0.15, 0.2) is 0 Å². The van der Waals surface area contributed by atoms with Crippen LogP contribution in [0.25, 0.3) is 0 Å². The van der Waals surface area contributed by atoms with E-state index in [9.17, 15) is 4.79 Å². The molecule has 1 atom stereocenters. The number of nitrogens with zero attached hydrogens (tertiary/aromatic N) is 1. The minimum atomic E-state index is -0.392. The van der Waals surface area contributed by atoms with Crippen molar-refractivity contribution in [2.24, 2.45) is 5.73 Å². The van der Waals surface area contributed by atoms with E-state index in [1.165, 1.54) is 4.90 Å². The van der Waals surface area contributed by atoms with Crippen LogP contribution in [0.15, 0.2) is 30.3 Å². The number of carbonyl (C=O) groups is 1. The number of benzene rings is 1. The Morgan fingerprint density at radius 1 is 1.42 bits per heavy atom. The number of ether oxygens (including phenoxy) is 1. The lowest BCUT2D eigenvalue weighted by Gasteiger charge is -2.22. The normalized spacial score (nSPS) is 17.7. The van der Waals surface area contributed by atoms with Crippen molar-refractivity contribution in [2.45, 2.75) is 25.5 Å². The van der Waals surface area contributed by atoms with Gasteiger partial charge in [0.25, 0.3) is 0 Å². The highest BCUT2D eigenvalue weighted by Crippen LogP contribution is 2.18. The minimum Gasteiger partial charge on any atom is -0.445 e. The van der Waals surface area contributed by atoms with Crippen molar-refractivity contribution in [2.75, 3.05) is 6.54 Å². The summed E-state index contributed by atoms with van der Waals surface area (Å²) in [7, 11) is 0. The minimum absolute atomic E-state index is 0. The highest BCUT2D eigenvalue weighted by Gasteiger charge is 2.31. The second-order valence-electron chi connectivity index (χ2n) is 4.35. The first kappa shape index (κ1) is 15.3. The van der Waals surface area contributed by atoms with E-state index in [2.05, 4.69) is 0 Å². The topological polar surface area (TPSA) is 79.4 Å². The fourth-order valence-corrected chi connectivity index (χ4v) is 2.11. The maximum atomic E-state index is 11.9. The fraction of sp³-hybridized carbons (Fsp3) is 0.385. The second-order valence-corrected chi connectivity index (χ2v) is 4.35. The van der Waals surface area contributed by atoms with Gasteiger partial charge in [-0.3, -0.25) is 10.3 Å². The van der Waals surface area contributed by atoms with E-state index in [0.717, 1.165) is 18.4 Å². The molecule has 2 rings (SSSR count). The summed E-state index contributed by atoms with van der Waals surface area (Å²) in [6.07, 6.45) is 1.22. The van der Waals surface area contributed by atoms with Gasteiger partial charge in [0.1, 0.15) is 12.4 Å². The molecule has 3 N–H and O–H groups in total. The van der Waals surface area contributed by atoms with E-state index < -0.39 is 6.09 Å². The molecule has 1 amide bonds. The van der Waals surface area contributed by atoms with Crippen LogP contribution in [0.4, 0.5) is 4.79 Å². The molecular weight excluding hydrogens is 266 g/mol. The average Bonchev–Trinajstić information content (AvgIpc) is 2.86. The number of carbonyl (C=O) groups excluding carboxylic acids is 1. The van der Waals surface area contributed by atoms with Gasteiger partial charge in [0.05, 0.1) is 6.04 Å². The zero-order chi connectivity index (χ0) is 13.0. The molecule has 0 saturated carbocycles. The summed E-state index contributed by atoms with van der Waals surface area (Å²) in [5.74, 6) is 0.0316. The van der Waals surface area contributed by atoms with Crippen molar-refractivity contribution in [3.63, 3.8) is 0 Å². The Morgan fingerprint density at radius 3 is 2.74 bits per heavy atom. The Labute approximate surface area is 118 Å². The lowest BCUT2D eigenvalue weighted by molar-refractivity contribution is 0.0991. The summed E-state index contributed by atoms with van der Waals surface area (Å²) in [5.41, 5.74) is 6.42. The van der Waals surface area contributed by atoms with Gasteiger partial charge in [-0.1, -0.05) is 30.3 Å². The van der Waals surface area contributed by atoms with Crippen LogP contribution in [0.2, 0.25) is 0 Å². The molecule has 0 bridgehead atoms. The van der Waals surface area contributed by atoms with Crippen LogP contribution in [0.3, 0.4) is 0 Å². The monoisotopic (exact) mass is 283 g/mol. The lowest BCUT2D eigenvalue weighted by Crippen LogP contribution is -2.43. The number of nitrogens with two attached hydrogens (primary N) is 1. The van der Waals surface area contributed by atoms with Crippen molar-refractivity contribution in [3.8, 4) is 0 Å². The largest absolute Gasteiger partial charge is 0.445 e. The van der Waals surface area contributed by atoms with Crippen LogP contribution in [-0.4, -0.2) is 29.4 Å². The summed E-state index contributed by atoms with van der Waals surface area (Å²) in [6, 6.07) is 9.22. The third kappa shape index (κ3) is 3.86. The van der Waals surface area contributed by atoms with E-state index in [0.29, 0.717) is 6.54 Å². The molecule has 0 radical (unpaired) electrons. The Balaban J connectivity index is 0.00000180. The van der Waals surface area contributed by atoms with Crippen LogP contribution >= 0.6 is 12.4 Å². The van der Waals surface area contributed by atoms with Crippen molar-refractivity contribution < 1.29 is 9.53 Å². The van der Waals surface area contributed by atoms with Gasteiger partial charge in [-0.25, -0.2) is 4.79 Å². The molecule has 0 aromatic heterocycles. The number of amidine groups is 1. The van der Waals surface area contributed by atoms with Gasteiger partial charge in [-0.2, -0.15) is 0 Å². The molecule has 5 nitrogen and oxygen atoms in total. The molecule has 1 aromatic rings. The highest BCUT2D eigenvalue weighted by atomic mass is 35.5. The van der Waals surface area contributed by atoms with Crippen molar-refractivity contribution in [1.82, 2.24) is 4.90 Å². The Hall–Kier alpha value is -1.75. The Morgan fingerprint density at radius 2 is 2.11 bits per heavy atom. The number of halogens is 1. The van der Waals surface area contributed by atoms with Gasteiger partial charge in [0.2, 0.25) is 0 Å². The summed E-state index contributed by atoms with van der Waals surface area (Å²) in [5, 5.41) is 7.44. The quantitative estimate of drug-likeness (QED) is 0.659. The molecule has 1 saturated heterocycles. The molecule has 0 spiro atoms. The molecule has 1 aromatic carbocycles. The van der Waals surface area contributed by atoms with Crippen LogP contribution in [0.1, 0.15) is 18.4 Å². The third-order valence-electron chi connectivity index (χ3n) is 3.05. The van der Waals surface area contributed by atoms with Gasteiger partial charge >= 0.3 is 6.09 Å². The van der Waals surface area contributed by atoms with Crippen LogP contribution in [0.5, 0.6) is 0 Å². The number of hydrogen-bond donors (Lipinski definition) is 2. The van der Waals surface area contributed by atoms with Crippen molar-refractivity contribution in [3.05, 3.63) is 35.9 Å². The Kier molecular flexibility index (Phi) is 5.63. The van der Waals surface area contributed by atoms with E-state index in [4.69, 9.17) is 15.9 Å². The second kappa shape index (κ2) is 6.99. The zero-order valence-corrected chi connectivity index (χ0v) is 11.4. The third-order valence-corrected chi connectivity index (χ3v) is 3.05. The molecule has 19 heavy (non-hydrogen) atoms. The predicted octanol–water partition coefficient (Wildman–Crippen LogP) is 2.15. The maximum absolute atomic E-state index is 11.9. The molecule has 1 heterocycles. The van der Waals surface area contributed by atoms with E-state index in [-0.39, 0.29) is 30.9 Å². The molecule has 0 aliphatic carbocycles. The zero-order valence-electron chi connectivity index (χ0n) is 10.5. The van der Waals surface area contributed by atoms with Crippen LogP contribution in [-0.2, 0) is 11.3 Å². The highest BCUT2D eigenvalue weighted by molar-refractivity contribution is 5.86. The number of likely N-dealkylation sites (tertiary alicyclic amines) is 1. The number of amides is 1. The summed E-state index contributed by atoms with van der Waals surface area (Å²) in [6.45, 7) is 0.860. The molecule has 6 heteroatoms. The fourth-order valence-electron chi connectivity index (χ4n) is 2.11. The molecule has 104 valence electrons. The van der Waals surface area contributed by atoms with Gasteiger partial charge in [-0.15, -0.1) is 12.4 Å². The number of rotatable bonds is 3. The molecular formula is C13H18ClN3O2. The average molecular weight is 284 g/mol. The molecule has 1 aliphatic heterocycles. The SMILES string of the molecule is Cl.N=C(N)[C@@H]1CCCN1C(=O)OCc1ccccc1. The van der Waals surface area contributed by atoms with Crippen molar-refractivity contribution >= 4 is 24.3 Å². The lowest BCUT2D eigenvalue weighted by atomic mass is 10.2. The van der Waals surface area contributed by atoms with Crippen LogP contribution in [0, 0.1) is 5.41 Å². The summed E-state index contributed by atoms with van der Waals surface area (Å²) < 4.78 is 5.23. The van der Waals surface area contributed by atoms with Crippen molar-refractivity contribution in [1.29, 1.82) is 5.41 Å². The summed E-state index contributed by atoms with van der Waals surface area (Å²) >= 11 is 0. The van der Waals surface area contributed by atoms with Gasteiger partial charge in [0, 0.05) is 6.54 Å². The first-order valence-electron chi connectivity index (χ1n) is 5.99. The van der Waals surface area contributed by atoms with Gasteiger partial charge < -0.3 is 10.5 Å². The first-order chi connectivity index (χ1) is 8.68. The van der Waals surface area contributed by atoms with E-state index in [1.807, 2.05) is 30.3 Å². The number of hydrogen-bond acceptors (Lipinski definition) is 3. The predicted molar refractivity (Wildman–Crippen MR) is 75.5 cm³/mol. The van der Waals surface area contributed by atoms with Gasteiger partial charge in [-0.05, 0) is 18.4 Å². The first-order valence-corrected chi connectivity index (χ1v) is 5.99. The van der Waals surface area contributed by atoms with E-state index in [1.54, 1.807) is 0 Å².